The standard InChI is InChI=1S/C34H28O6P2/c1-41(35,36)39-33-28-16-25-23-13-19-9-5-6-10-20(19)14-24(23)29(25)32(28)34(40-42(2,37)38)31-27-15-26(30(31)33)21-11-17-7-3-4-8-18(17)12-22(21)27/h3-14,25-27,29H,15-16H2,1-2H3,(H,35,36)(H,37,38)/p-2/t25-,26-,27+,29+/m0/s1. The number of fused-ring (bicyclic) bond motifs is 16. The van der Waals surface area contributed by atoms with Crippen molar-refractivity contribution in [3.8, 4) is 11.5 Å². The van der Waals surface area contributed by atoms with Gasteiger partial charge in [-0.1, -0.05) is 72.8 Å². The fourth-order valence-corrected chi connectivity index (χ4v) is 9.52. The summed E-state index contributed by atoms with van der Waals surface area (Å²) < 4.78 is 37.5. The van der Waals surface area contributed by atoms with E-state index in [-0.39, 0.29) is 23.7 Å². The summed E-state index contributed by atoms with van der Waals surface area (Å²) in [5.41, 5.74) is 7.75. The van der Waals surface area contributed by atoms with Crippen LogP contribution in [-0.2, 0) is 15.6 Å². The van der Waals surface area contributed by atoms with Crippen LogP contribution in [0.3, 0.4) is 0 Å². The van der Waals surface area contributed by atoms with E-state index >= 15 is 0 Å². The van der Waals surface area contributed by atoms with Gasteiger partial charge in [-0.25, -0.2) is 0 Å². The zero-order valence-electron chi connectivity index (χ0n) is 23.0. The molecule has 0 saturated carbocycles. The molecule has 5 aromatic rings. The summed E-state index contributed by atoms with van der Waals surface area (Å²) >= 11 is 0. The summed E-state index contributed by atoms with van der Waals surface area (Å²) in [5.74, 6) is 0.567. The summed E-state index contributed by atoms with van der Waals surface area (Å²) in [6.07, 6.45) is 1.30. The SMILES string of the molecule is CP(=O)([O-])Oc1c2c(c(OP(C)(=O)[O-])c3c1[C@H]1C[C@@H]3c3cc4ccccc4cc31)[C@@H]1c3cc4ccccc4cc3[C@@H]1C2. The van der Waals surface area contributed by atoms with E-state index < -0.39 is 15.2 Å². The third-order valence-corrected chi connectivity index (χ3v) is 10.9. The van der Waals surface area contributed by atoms with Gasteiger partial charge in [0, 0.05) is 53.3 Å². The molecule has 0 spiro atoms. The Morgan fingerprint density at radius 3 is 1.62 bits per heavy atom. The third-order valence-electron chi connectivity index (χ3n) is 9.83. The van der Waals surface area contributed by atoms with Gasteiger partial charge in [0.1, 0.15) is 11.5 Å². The van der Waals surface area contributed by atoms with E-state index in [1.807, 2.05) is 24.3 Å². The predicted octanol–water partition coefficient (Wildman–Crippen LogP) is 6.88. The molecule has 0 aliphatic heterocycles. The topological polar surface area (TPSA) is 98.7 Å². The summed E-state index contributed by atoms with van der Waals surface area (Å²) in [5, 5.41) is 4.50. The lowest BCUT2D eigenvalue weighted by Gasteiger charge is -2.37. The van der Waals surface area contributed by atoms with Gasteiger partial charge in [0.05, 0.1) is 0 Å². The average molecular weight is 593 g/mol. The van der Waals surface area contributed by atoms with Gasteiger partial charge in [0.25, 0.3) is 0 Å². The molecule has 4 aliphatic rings. The highest BCUT2D eigenvalue weighted by atomic mass is 31.2. The van der Waals surface area contributed by atoms with E-state index in [2.05, 4.69) is 48.5 Å². The van der Waals surface area contributed by atoms with Gasteiger partial charge >= 0.3 is 0 Å². The summed E-state index contributed by atoms with van der Waals surface area (Å²) in [4.78, 5) is 25.6. The maximum Gasteiger partial charge on any atom is 0.181 e. The molecule has 2 bridgehead atoms. The Hall–Kier alpha value is -3.40. The summed E-state index contributed by atoms with van der Waals surface area (Å²) in [6.45, 7) is 2.21. The van der Waals surface area contributed by atoms with E-state index in [9.17, 15) is 18.9 Å². The van der Waals surface area contributed by atoms with E-state index in [0.29, 0.717) is 17.9 Å². The molecular weight excluding hydrogens is 566 g/mol. The van der Waals surface area contributed by atoms with Gasteiger partial charge in [-0.3, -0.25) is 9.13 Å². The molecule has 5 aromatic carbocycles. The van der Waals surface area contributed by atoms with Crippen LogP contribution in [0.5, 0.6) is 11.5 Å². The minimum absolute atomic E-state index is 0.0908. The molecule has 8 heteroatoms. The van der Waals surface area contributed by atoms with E-state index in [0.717, 1.165) is 80.2 Å². The van der Waals surface area contributed by atoms with Crippen LogP contribution < -0.4 is 18.8 Å². The largest absolute Gasteiger partial charge is 0.769 e. The third kappa shape index (κ3) is 3.41. The normalized spacial score (nSPS) is 25.0. The van der Waals surface area contributed by atoms with Crippen molar-refractivity contribution in [1.29, 1.82) is 0 Å². The monoisotopic (exact) mass is 592 g/mol. The average Bonchev–Trinajstić information content (AvgIpc) is 3.60. The number of benzene rings is 5. The maximum atomic E-state index is 12.8. The van der Waals surface area contributed by atoms with Gasteiger partial charge in [-0.05, 0) is 62.6 Å². The summed E-state index contributed by atoms with van der Waals surface area (Å²) in [7, 11) is -8.40. The van der Waals surface area contributed by atoms with Crippen molar-refractivity contribution >= 4 is 36.7 Å². The second-order valence-electron chi connectivity index (χ2n) is 12.4. The van der Waals surface area contributed by atoms with Crippen LogP contribution in [0.4, 0.5) is 0 Å². The van der Waals surface area contributed by atoms with Crippen LogP contribution in [0.2, 0.25) is 0 Å². The van der Waals surface area contributed by atoms with Gasteiger partial charge in [0.15, 0.2) is 15.2 Å². The Bertz CT molecular complexity index is 2130. The lowest BCUT2D eigenvalue weighted by Crippen LogP contribution is -2.22. The van der Waals surface area contributed by atoms with Crippen molar-refractivity contribution in [2.75, 3.05) is 13.3 Å². The fourth-order valence-electron chi connectivity index (χ4n) is 8.46. The van der Waals surface area contributed by atoms with E-state index in [1.165, 1.54) is 5.56 Å². The molecule has 42 heavy (non-hydrogen) atoms. The summed E-state index contributed by atoms with van der Waals surface area (Å²) in [6, 6.07) is 25.2. The first-order valence-corrected chi connectivity index (χ1v) is 18.3. The Labute approximate surface area is 243 Å². The molecule has 210 valence electrons. The fraction of sp³-hybridized carbons (Fsp3) is 0.235. The van der Waals surface area contributed by atoms with Gasteiger partial charge in [-0.2, -0.15) is 0 Å². The Balaban J connectivity index is 1.33. The Morgan fingerprint density at radius 1 is 0.643 bits per heavy atom. The van der Waals surface area contributed by atoms with Crippen LogP contribution >= 0.6 is 15.2 Å². The van der Waals surface area contributed by atoms with Crippen LogP contribution in [0.15, 0.2) is 72.8 Å². The molecule has 0 heterocycles. The lowest BCUT2D eigenvalue weighted by molar-refractivity contribution is -0.190. The molecule has 0 fully saturated rings. The zero-order chi connectivity index (χ0) is 28.7. The van der Waals surface area contributed by atoms with Gasteiger partial charge < -0.3 is 18.8 Å². The van der Waals surface area contributed by atoms with Crippen molar-refractivity contribution in [3.63, 3.8) is 0 Å². The minimum atomic E-state index is -4.21. The molecule has 4 aliphatic carbocycles. The quantitative estimate of drug-likeness (QED) is 0.211. The first kappa shape index (κ1) is 25.1. The number of hydrogen-bond acceptors (Lipinski definition) is 6. The van der Waals surface area contributed by atoms with Crippen molar-refractivity contribution in [2.45, 2.75) is 36.5 Å². The molecule has 9 rings (SSSR count). The second kappa shape index (κ2) is 8.15. The van der Waals surface area contributed by atoms with Gasteiger partial charge in [-0.15, -0.1) is 0 Å². The van der Waals surface area contributed by atoms with Crippen molar-refractivity contribution in [3.05, 3.63) is 117 Å². The highest BCUT2D eigenvalue weighted by Gasteiger charge is 2.54. The molecule has 6 atom stereocenters. The van der Waals surface area contributed by atoms with Crippen LogP contribution in [0, 0.1) is 0 Å². The molecule has 2 unspecified atom stereocenters. The molecule has 0 amide bonds. The Kier molecular flexibility index (Phi) is 4.88. The van der Waals surface area contributed by atoms with Crippen LogP contribution in [-0.4, -0.2) is 13.3 Å². The number of hydrogen-bond donors (Lipinski definition) is 0. The van der Waals surface area contributed by atoms with Crippen molar-refractivity contribution < 1.29 is 28.0 Å². The smallest absolute Gasteiger partial charge is 0.181 e. The molecule has 0 aromatic heterocycles. The molecule has 6 nitrogen and oxygen atoms in total. The molecule has 0 N–H and O–H groups in total. The minimum Gasteiger partial charge on any atom is -0.769 e. The maximum absolute atomic E-state index is 12.8. The van der Waals surface area contributed by atoms with Crippen molar-refractivity contribution in [2.24, 2.45) is 0 Å². The Morgan fingerprint density at radius 2 is 1.10 bits per heavy atom. The number of rotatable bonds is 4. The van der Waals surface area contributed by atoms with E-state index in [1.54, 1.807) is 0 Å². The van der Waals surface area contributed by atoms with Crippen molar-refractivity contribution in [1.82, 2.24) is 0 Å². The van der Waals surface area contributed by atoms with E-state index in [4.69, 9.17) is 9.05 Å². The molecular formula is C34H26O6P2-2. The van der Waals surface area contributed by atoms with Crippen LogP contribution in [0.1, 0.15) is 74.6 Å². The second-order valence-corrected chi connectivity index (χ2v) is 15.8. The van der Waals surface area contributed by atoms with Crippen LogP contribution in [0.25, 0.3) is 21.5 Å². The van der Waals surface area contributed by atoms with Gasteiger partial charge in [0.2, 0.25) is 0 Å². The highest BCUT2D eigenvalue weighted by Crippen LogP contribution is 2.70. The molecule has 0 radical (unpaired) electrons. The highest BCUT2D eigenvalue weighted by molar-refractivity contribution is 7.51. The first-order valence-electron chi connectivity index (χ1n) is 14.3. The predicted molar refractivity (Wildman–Crippen MR) is 159 cm³/mol. The first-order chi connectivity index (χ1) is 20.1. The lowest BCUT2D eigenvalue weighted by atomic mass is 9.67. The molecule has 0 saturated heterocycles. The zero-order valence-corrected chi connectivity index (χ0v) is 24.8.